The molecule has 0 aromatic heterocycles. The van der Waals surface area contributed by atoms with Crippen LogP contribution in [0.15, 0.2) is 18.2 Å². The Hall–Kier alpha value is -1.72. The minimum Gasteiger partial charge on any atom is -0.484 e. The maximum absolute atomic E-state index is 12.1. The second kappa shape index (κ2) is 4.51. The monoisotopic (exact) mass is 259 g/mol. The quantitative estimate of drug-likeness (QED) is 0.903. The number of benzene rings is 1. The highest BCUT2D eigenvalue weighted by Gasteiger charge is 2.31. The predicted octanol–water partition coefficient (Wildman–Crippen LogP) is 2.60. The fraction of sp³-hybridized carbons (Fsp3) is 0.417. The lowest BCUT2D eigenvalue weighted by atomic mass is 10.1. The van der Waals surface area contributed by atoms with E-state index in [0.29, 0.717) is 5.56 Å². The molecule has 0 heterocycles. The van der Waals surface area contributed by atoms with E-state index in [1.165, 1.54) is 12.1 Å². The van der Waals surface area contributed by atoms with E-state index in [9.17, 15) is 18.0 Å². The summed E-state index contributed by atoms with van der Waals surface area (Å²) in [7, 11) is 0. The van der Waals surface area contributed by atoms with Gasteiger partial charge >= 0.3 is 6.18 Å². The molecule has 0 spiro atoms. The molecule has 1 aliphatic rings. The zero-order chi connectivity index (χ0) is 13.3. The molecule has 1 aromatic rings. The van der Waals surface area contributed by atoms with E-state index in [1.807, 2.05) is 0 Å². The van der Waals surface area contributed by atoms with Gasteiger partial charge in [0.05, 0.1) is 0 Å². The zero-order valence-electron chi connectivity index (χ0n) is 9.46. The van der Waals surface area contributed by atoms with Crippen LogP contribution in [0.25, 0.3) is 0 Å². The van der Waals surface area contributed by atoms with Crippen LogP contribution in [0.4, 0.5) is 13.2 Å². The second-order valence-electron chi connectivity index (χ2n) is 4.29. The summed E-state index contributed by atoms with van der Waals surface area (Å²) in [5, 5.41) is 0. The highest BCUT2D eigenvalue weighted by atomic mass is 19.4. The number of primary amides is 1. The Morgan fingerprint density at radius 1 is 1.39 bits per heavy atom. The molecule has 0 bridgehead atoms. The largest absolute Gasteiger partial charge is 0.484 e. The maximum atomic E-state index is 12.1. The number of carbonyl (C=O) groups is 1. The van der Waals surface area contributed by atoms with Crippen LogP contribution in [0.2, 0.25) is 0 Å². The van der Waals surface area contributed by atoms with Gasteiger partial charge in [0.2, 0.25) is 5.91 Å². The number of rotatable bonds is 4. The molecule has 2 rings (SSSR count). The Kier molecular flexibility index (Phi) is 3.19. The van der Waals surface area contributed by atoms with Gasteiger partial charge < -0.3 is 10.5 Å². The molecule has 0 atom stereocenters. The van der Waals surface area contributed by atoms with Crippen LogP contribution in [0.3, 0.4) is 0 Å². The van der Waals surface area contributed by atoms with Crippen molar-refractivity contribution in [3.05, 3.63) is 29.3 Å². The van der Waals surface area contributed by atoms with E-state index < -0.39 is 18.7 Å². The predicted molar refractivity (Wildman–Crippen MR) is 58.5 cm³/mol. The van der Waals surface area contributed by atoms with Crippen LogP contribution in [0.5, 0.6) is 5.75 Å². The summed E-state index contributed by atoms with van der Waals surface area (Å²) in [6, 6.07) is 4.40. The first-order valence-electron chi connectivity index (χ1n) is 5.50. The first-order chi connectivity index (χ1) is 8.37. The van der Waals surface area contributed by atoms with Crippen molar-refractivity contribution in [2.45, 2.75) is 24.9 Å². The van der Waals surface area contributed by atoms with Crippen LogP contribution in [-0.2, 0) is 0 Å². The molecular formula is C12H12F3NO2. The molecule has 6 heteroatoms. The summed E-state index contributed by atoms with van der Waals surface area (Å²) in [4.78, 5) is 11.0. The third-order valence-corrected chi connectivity index (χ3v) is 2.71. The number of halogens is 3. The Balaban J connectivity index is 2.23. The first-order valence-corrected chi connectivity index (χ1v) is 5.50. The summed E-state index contributed by atoms with van der Waals surface area (Å²) in [5.74, 6) is -0.351. The standard InChI is InChI=1S/C12H12F3NO2/c13-12(14,15)6-18-10-5-8(11(16)17)3-4-9(10)7-1-2-7/h3-5,7H,1-2,6H2,(H2,16,17). The minimum absolute atomic E-state index is 0.103. The van der Waals surface area contributed by atoms with Gasteiger partial charge in [-0.05, 0) is 36.5 Å². The number of alkyl halides is 3. The molecule has 0 unspecified atom stereocenters. The van der Waals surface area contributed by atoms with Gasteiger partial charge in [-0.3, -0.25) is 4.79 Å². The van der Waals surface area contributed by atoms with Crippen molar-refractivity contribution in [1.29, 1.82) is 0 Å². The summed E-state index contributed by atoms with van der Waals surface area (Å²) < 4.78 is 41.2. The molecule has 0 saturated heterocycles. The molecule has 1 fully saturated rings. The number of hydrogen-bond donors (Lipinski definition) is 1. The molecule has 1 aromatic carbocycles. The Labute approximate surface area is 102 Å². The Morgan fingerprint density at radius 3 is 2.56 bits per heavy atom. The number of carbonyl (C=O) groups excluding carboxylic acids is 1. The van der Waals surface area contributed by atoms with E-state index in [2.05, 4.69) is 0 Å². The number of nitrogens with two attached hydrogens (primary N) is 1. The first kappa shape index (κ1) is 12.7. The highest BCUT2D eigenvalue weighted by molar-refractivity contribution is 5.93. The van der Waals surface area contributed by atoms with Gasteiger partial charge in [0.25, 0.3) is 0 Å². The lowest BCUT2D eigenvalue weighted by Crippen LogP contribution is -2.20. The van der Waals surface area contributed by atoms with Gasteiger partial charge in [-0.25, -0.2) is 0 Å². The van der Waals surface area contributed by atoms with Crippen LogP contribution in [-0.4, -0.2) is 18.7 Å². The summed E-state index contributed by atoms with van der Waals surface area (Å²) >= 11 is 0. The smallest absolute Gasteiger partial charge is 0.422 e. The third kappa shape index (κ3) is 3.15. The van der Waals surface area contributed by atoms with Gasteiger partial charge in [0.1, 0.15) is 5.75 Å². The van der Waals surface area contributed by atoms with Crippen LogP contribution in [0.1, 0.15) is 34.7 Å². The molecule has 0 radical (unpaired) electrons. The number of ether oxygens (including phenoxy) is 1. The van der Waals surface area contributed by atoms with Crippen molar-refractivity contribution in [2.24, 2.45) is 5.73 Å². The van der Waals surface area contributed by atoms with Crippen LogP contribution >= 0.6 is 0 Å². The fourth-order valence-electron chi connectivity index (χ4n) is 1.70. The van der Waals surface area contributed by atoms with Gasteiger partial charge in [0, 0.05) is 5.56 Å². The summed E-state index contributed by atoms with van der Waals surface area (Å²) in [6.07, 6.45) is -2.54. The SMILES string of the molecule is NC(=O)c1ccc(C2CC2)c(OCC(F)(F)F)c1. The molecule has 3 nitrogen and oxygen atoms in total. The Bertz CT molecular complexity index is 467. The minimum atomic E-state index is -4.40. The van der Waals surface area contributed by atoms with Gasteiger partial charge in [0.15, 0.2) is 6.61 Å². The third-order valence-electron chi connectivity index (χ3n) is 2.71. The molecule has 1 amide bonds. The topological polar surface area (TPSA) is 52.3 Å². The molecule has 1 aliphatic carbocycles. The summed E-state index contributed by atoms with van der Waals surface area (Å²) in [5.41, 5.74) is 5.95. The molecule has 1 saturated carbocycles. The van der Waals surface area contributed by atoms with E-state index in [1.54, 1.807) is 6.07 Å². The zero-order valence-corrected chi connectivity index (χ0v) is 9.46. The van der Waals surface area contributed by atoms with E-state index >= 15 is 0 Å². The van der Waals surface area contributed by atoms with Gasteiger partial charge in [-0.1, -0.05) is 6.07 Å². The second-order valence-corrected chi connectivity index (χ2v) is 4.29. The van der Waals surface area contributed by atoms with Crippen molar-refractivity contribution < 1.29 is 22.7 Å². The molecule has 98 valence electrons. The Morgan fingerprint density at radius 2 is 2.06 bits per heavy atom. The van der Waals surface area contributed by atoms with Crippen molar-refractivity contribution >= 4 is 5.91 Å². The van der Waals surface area contributed by atoms with E-state index in [0.717, 1.165) is 12.8 Å². The van der Waals surface area contributed by atoms with Crippen LogP contribution in [0, 0.1) is 0 Å². The number of amides is 1. The molecular weight excluding hydrogens is 247 g/mol. The van der Waals surface area contributed by atoms with Crippen LogP contribution < -0.4 is 10.5 Å². The average Bonchev–Trinajstić information content (AvgIpc) is 3.08. The van der Waals surface area contributed by atoms with Gasteiger partial charge in [-0.2, -0.15) is 13.2 Å². The van der Waals surface area contributed by atoms with Crippen molar-refractivity contribution in [1.82, 2.24) is 0 Å². The highest BCUT2D eigenvalue weighted by Crippen LogP contribution is 2.44. The average molecular weight is 259 g/mol. The van der Waals surface area contributed by atoms with E-state index in [-0.39, 0.29) is 17.2 Å². The molecule has 0 aliphatic heterocycles. The summed E-state index contributed by atoms with van der Waals surface area (Å²) in [6.45, 7) is -1.37. The molecule has 18 heavy (non-hydrogen) atoms. The van der Waals surface area contributed by atoms with Gasteiger partial charge in [-0.15, -0.1) is 0 Å². The lowest BCUT2D eigenvalue weighted by Gasteiger charge is -2.13. The number of hydrogen-bond acceptors (Lipinski definition) is 2. The normalized spacial score (nSPS) is 15.5. The van der Waals surface area contributed by atoms with Crippen molar-refractivity contribution in [3.8, 4) is 5.75 Å². The van der Waals surface area contributed by atoms with E-state index in [4.69, 9.17) is 10.5 Å². The molecule has 2 N–H and O–H groups in total. The lowest BCUT2D eigenvalue weighted by molar-refractivity contribution is -0.153. The fourth-order valence-corrected chi connectivity index (χ4v) is 1.70. The van der Waals surface area contributed by atoms with Crippen molar-refractivity contribution in [3.63, 3.8) is 0 Å². The van der Waals surface area contributed by atoms with Crippen molar-refractivity contribution in [2.75, 3.05) is 6.61 Å². The maximum Gasteiger partial charge on any atom is 0.422 e.